The van der Waals surface area contributed by atoms with Crippen LogP contribution in [0.4, 0.5) is 4.39 Å². The van der Waals surface area contributed by atoms with E-state index in [0.717, 1.165) is 25.2 Å². The molecule has 0 bridgehead atoms. The summed E-state index contributed by atoms with van der Waals surface area (Å²) in [4.78, 5) is 2.41. The van der Waals surface area contributed by atoms with Crippen molar-refractivity contribution in [3.8, 4) is 0 Å². The second kappa shape index (κ2) is 5.46. The van der Waals surface area contributed by atoms with E-state index in [1.165, 1.54) is 6.07 Å². The van der Waals surface area contributed by atoms with Crippen LogP contribution in [-0.2, 0) is 6.54 Å². The summed E-state index contributed by atoms with van der Waals surface area (Å²) < 4.78 is 14.0. The highest BCUT2D eigenvalue weighted by molar-refractivity contribution is 9.10. The van der Waals surface area contributed by atoms with Gasteiger partial charge >= 0.3 is 0 Å². The largest absolute Gasteiger partial charge is 0.314 e. The van der Waals surface area contributed by atoms with E-state index in [2.05, 4.69) is 40.0 Å². The summed E-state index contributed by atoms with van der Waals surface area (Å²) in [7, 11) is 0. The minimum Gasteiger partial charge on any atom is -0.314 e. The van der Waals surface area contributed by atoms with Gasteiger partial charge in [0, 0.05) is 31.7 Å². The third-order valence-corrected chi connectivity index (χ3v) is 4.28. The van der Waals surface area contributed by atoms with Crippen molar-refractivity contribution in [3.63, 3.8) is 0 Å². The third-order valence-electron chi connectivity index (χ3n) is 3.40. The van der Waals surface area contributed by atoms with Gasteiger partial charge in [-0.3, -0.25) is 4.90 Å². The van der Waals surface area contributed by atoms with Gasteiger partial charge in [-0.05, 0) is 41.4 Å². The molecule has 0 radical (unpaired) electrons. The van der Waals surface area contributed by atoms with Crippen LogP contribution in [0.25, 0.3) is 0 Å². The van der Waals surface area contributed by atoms with Crippen LogP contribution in [0.2, 0.25) is 0 Å². The zero-order valence-electron chi connectivity index (χ0n) is 10.2. The van der Waals surface area contributed by atoms with Crippen molar-refractivity contribution in [3.05, 3.63) is 34.1 Å². The molecule has 1 fully saturated rings. The first kappa shape index (κ1) is 13.0. The number of nitrogens with one attached hydrogen (secondary N) is 1. The monoisotopic (exact) mass is 300 g/mol. The Hall–Kier alpha value is -0.450. The number of rotatable bonds is 2. The molecule has 0 aliphatic carbocycles. The van der Waals surface area contributed by atoms with Gasteiger partial charge in [-0.1, -0.05) is 12.1 Å². The summed E-state index contributed by atoms with van der Waals surface area (Å²) in [5.41, 5.74) is 1.02. The van der Waals surface area contributed by atoms with E-state index in [4.69, 9.17) is 0 Å². The molecule has 2 rings (SSSR count). The highest BCUT2D eigenvalue weighted by Crippen LogP contribution is 2.24. The first-order chi connectivity index (χ1) is 8.09. The lowest BCUT2D eigenvalue weighted by Crippen LogP contribution is -2.54. The van der Waals surface area contributed by atoms with Crippen LogP contribution in [0.3, 0.4) is 0 Å². The average molecular weight is 301 g/mol. The Morgan fingerprint density at radius 1 is 1.35 bits per heavy atom. The van der Waals surface area contributed by atoms with Crippen molar-refractivity contribution in [2.75, 3.05) is 13.1 Å². The molecule has 4 heteroatoms. The molecule has 1 heterocycles. The van der Waals surface area contributed by atoms with Gasteiger partial charge < -0.3 is 5.32 Å². The summed E-state index contributed by atoms with van der Waals surface area (Å²) in [5.74, 6) is -0.182. The molecule has 1 aliphatic heterocycles. The normalized spacial score (nSPS) is 26.1. The first-order valence-electron chi connectivity index (χ1n) is 5.99. The molecule has 0 saturated carbocycles. The smallest absolute Gasteiger partial charge is 0.137 e. The fraction of sp³-hybridized carbons (Fsp3) is 0.538. The van der Waals surface area contributed by atoms with Crippen LogP contribution in [0, 0.1) is 5.82 Å². The Balaban J connectivity index is 2.16. The van der Waals surface area contributed by atoms with Crippen LogP contribution in [0.15, 0.2) is 22.7 Å². The first-order valence-corrected chi connectivity index (χ1v) is 6.78. The molecule has 1 aliphatic rings. The van der Waals surface area contributed by atoms with Gasteiger partial charge in [0.15, 0.2) is 0 Å². The van der Waals surface area contributed by atoms with Gasteiger partial charge in [-0.15, -0.1) is 0 Å². The quantitative estimate of drug-likeness (QED) is 0.903. The highest BCUT2D eigenvalue weighted by Gasteiger charge is 2.25. The molecular formula is C13H18BrFN2. The van der Waals surface area contributed by atoms with Crippen molar-refractivity contribution >= 4 is 15.9 Å². The van der Waals surface area contributed by atoms with E-state index < -0.39 is 0 Å². The zero-order chi connectivity index (χ0) is 12.4. The van der Waals surface area contributed by atoms with Gasteiger partial charge in [0.25, 0.3) is 0 Å². The fourth-order valence-electron chi connectivity index (χ4n) is 2.35. The second-order valence-electron chi connectivity index (χ2n) is 4.74. The Kier molecular flexibility index (Phi) is 4.17. The van der Waals surface area contributed by atoms with Crippen LogP contribution < -0.4 is 5.32 Å². The van der Waals surface area contributed by atoms with Crippen molar-refractivity contribution in [1.29, 1.82) is 0 Å². The third kappa shape index (κ3) is 2.87. The van der Waals surface area contributed by atoms with E-state index >= 15 is 0 Å². The van der Waals surface area contributed by atoms with Crippen molar-refractivity contribution in [2.45, 2.75) is 32.5 Å². The van der Waals surface area contributed by atoms with E-state index in [-0.39, 0.29) is 5.82 Å². The zero-order valence-corrected chi connectivity index (χ0v) is 11.8. The number of benzene rings is 1. The maximum atomic E-state index is 13.4. The summed E-state index contributed by atoms with van der Waals surface area (Å²) in [6.07, 6.45) is 0. The molecule has 17 heavy (non-hydrogen) atoms. The molecule has 2 atom stereocenters. The molecule has 1 aromatic rings. The molecule has 0 spiro atoms. The topological polar surface area (TPSA) is 15.3 Å². The van der Waals surface area contributed by atoms with Crippen molar-refractivity contribution in [1.82, 2.24) is 10.2 Å². The molecule has 0 aromatic heterocycles. The number of hydrogen-bond acceptors (Lipinski definition) is 2. The lowest BCUT2D eigenvalue weighted by Gasteiger charge is -2.39. The van der Waals surface area contributed by atoms with E-state index in [1.54, 1.807) is 6.07 Å². The van der Waals surface area contributed by atoms with Crippen LogP contribution in [0.1, 0.15) is 19.4 Å². The lowest BCUT2D eigenvalue weighted by atomic mass is 10.1. The molecular weight excluding hydrogens is 283 g/mol. The summed E-state index contributed by atoms with van der Waals surface area (Å²) in [6, 6.07) is 6.20. The number of hydrogen-bond donors (Lipinski definition) is 1. The Labute approximate surface area is 110 Å². The molecule has 0 amide bonds. The molecule has 1 saturated heterocycles. The van der Waals surface area contributed by atoms with E-state index in [0.29, 0.717) is 16.6 Å². The summed E-state index contributed by atoms with van der Waals surface area (Å²) >= 11 is 3.33. The maximum Gasteiger partial charge on any atom is 0.137 e. The number of halogens is 2. The Morgan fingerprint density at radius 2 is 2.00 bits per heavy atom. The molecule has 94 valence electrons. The average Bonchev–Trinajstić information content (AvgIpc) is 2.29. The highest BCUT2D eigenvalue weighted by atomic mass is 79.9. The van der Waals surface area contributed by atoms with E-state index in [9.17, 15) is 4.39 Å². The summed E-state index contributed by atoms with van der Waals surface area (Å²) in [5, 5.41) is 3.40. The second-order valence-corrected chi connectivity index (χ2v) is 5.53. The minimum absolute atomic E-state index is 0.182. The Morgan fingerprint density at radius 3 is 2.65 bits per heavy atom. The van der Waals surface area contributed by atoms with Crippen LogP contribution in [-0.4, -0.2) is 30.1 Å². The number of piperazine rings is 1. The van der Waals surface area contributed by atoms with Crippen molar-refractivity contribution in [2.24, 2.45) is 0 Å². The molecule has 2 nitrogen and oxygen atoms in total. The van der Waals surface area contributed by atoms with Gasteiger partial charge in [-0.2, -0.15) is 0 Å². The van der Waals surface area contributed by atoms with Gasteiger partial charge in [-0.25, -0.2) is 4.39 Å². The minimum atomic E-state index is -0.182. The predicted molar refractivity (Wildman–Crippen MR) is 71.4 cm³/mol. The van der Waals surface area contributed by atoms with Gasteiger partial charge in [0.05, 0.1) is 4.47 Å². The Bertz CT molecular complexity index is 387. The maximum absolute atomic E-state index is 13.4. The van der Waals surface area contributed by atoms with Gasteiger partial charge in [0.1, 0.15) is 5.82 Å². The van der Waals surface area contributed by atoms with E-state index in [1.807, 2.05) is 6.07 Å². The number of nitrogens with zero attached hydrogens (tertiary/aromatic N) is 1. The van der Waals surface area contributed by atoms with Crippen LogP contribution in [0.5, 0.6) is 0 Å². The summed E-state index contributed by atoms with van der Waals surface area (Å²) in [6.45, 7) is 7.20. The SMILES string of the molecule is CC1CNCC(C)N1Cc1cccc(F)c1Br. The molecule has 2 unspecified atom stereocenters. The standard InChI is InChI=1S/C13H18BrFN2/c1-9-6-16-7-10(2)17(9)8-11-4-3-5-12(15)13(11)14/h3-5,9-10,16H,6-8H2,1-2H3. The van der Waals surface area contributed by atoms with Gasteiger partial charge in [0.2, 0.25) is 0 Å². The fourth-order valence-corrected chi connectivity index (χ4v) is 2.74. The molecule has 1 N–H and O–H groups in total. The molecule has 1 aromatic carbocycles. The lowest BCUT2D eigenvalue weighted by molar-refractivity contribution is 0.108. The van der Waals surface area contributed by atoms with Crippen molar-refractivity contribution < 1.29 is 4.39 Å². The predicted octanol–water partition coefficient (Wildman–Crippen LogP) is 2.77. The van der Waals surface area contributed by atoms with Crippen LogP contribution >= 0.6 is 15.9 Å².